The first-order valence-electron chi connectivity index (χ1n) is 23.1. The molecule has 11 rings (SSSR count). The summed E-state index contributed by atoms with van der Waals surface area (Å²) in [6.07, 6.45) is 12.3. The predicted octanol–water partition coefficient (Wildman–Crippen LogP) is 18.0. The van der Waals surface area contributed by atoms with E-state index in [2.05, 4.69) is 244 Å². The number of pyridine rings is 1. The van der Waals surface area contributed by atoms with E-state index < -0.39 is 0 Å². The summed E-state index contributed by atoms with van der Waals surface area (Å²) in [6, 6.07) is 80.2. The molecule has 314 valence electrons. The zero-order valence-corrected chi connectivity index (χ0v) is 37.2. The van der Waals surface area contributed by atoms with Gasteiger partial charge in [0.25, 0.3) is 0 Å². The summed E-state index contributed by atoms with van der Waals surface area (Å²) in [5.41, 5.74) is 22.5. The molecule has 0 aliphatic heterocycles. The number of hydrogen-bond donors (Lipinski definition) is 0. The Kier molecular flexibility index (Phi) is 11.2. The molecule has 66 heavy (non-hydrogen) atoms. The van der Waals surface area contributed by atoms with Crippen LogP contribution >= 0.6 is 0 Å². The van der Waals surface area contributed by atoms with Crippen molar-refractivity contribution in [1.82, 2.24) is 4.98 Å². The van der Waals surface area contributed by atoms with Crippen LogP contribution in [0.15, 0.2) is 243 Å². The van der Waals surface area contributed by atoms with Crippen molar-refractivity contribution in [3.8, 4) is 89.1 Å². The highest BCUT2D eigenvalue weighted by molar-refractivity contribution is 5.96. The van der Waals surface area contributed by atoms with E-state index in [-0.39, 0.29) is 0 Å². The first kappa shape index (κ1) is 40.6. The summed E-state index contributed by atoms with van der Waals surface area (Å²) < 4.78 is 0. The van der Waals surface area contributed by atoms with Crippen LogP contribution in [-0.4, -0.2) is 4.98 Å². The minimum atomic E-state index is 1.01. The summed E-state index contributed by atoms with van der Waals surface area (Å²) in [5.74, 6) is 0. The molecule has 0 N–H and O–H groups in total. The second-order valence-corrected chi connectivity index (χ2v) is 17.5. The maximum absolute atomic E-state index is 4.92. The number of allylic oxidation sites excluding steroid dienone is 4. The zero-order valence-electron chi connectivity index (χ0n) is 37.2. The Morgan fingerprint density at radius 3 is 1.36 bits per heavy atom. The zero-order chi connectivity index (χ0) is 44.2. The molecule has 0 unspecified atom stereocenters. The molecule has 0 atom stereocenters. The molecule has 0 bridgehead atoms. The summed E-state index contributed by atoms with van der Waals surface area (Å²) in [5, 5.41) is 2.36. The molecule has 1 aliphatic carbocycles. The van der Waals surface area contributed by atoms with E-state index >= 15 is 0 Å². The highest BCUT2D eigenvalue weighted by atomic mass is 14.7. The molecule has 1 nitrogen and oxygen atoms in total. The van der Waals surface area contributed by atoms with Crippen molar-refractivity contribution in [1.29, 1.82) is 0 Å². The van der Waals surface area contributed by atoms with Crippen molar-refractivity contribution in [2.75, 3.05) is 0 Å². The van der Waals surface area contributed by atoms with Gasteiger partial charge in [0.15, 0.2) is 0 Å². The molecule has 0 radical (unpaired) electrons. The van der Waals surface area contributed by atoms with Gasteiger partial charge in [0.2, 0.25) is 0 Å². The molecule has 0 saturated heterocycles. The minimum absolute atomic E-state index is 1.01. The van der Waals surface area contributed by atoms with Gasteiger partial charge in [-0.3, -0.25) is 4.98 Å². The Hall–Kier alpha value is -8.13. The van der Waals surface area contributed by atoms with E-state index in [0.717, 1.165) is 40.6 Å². The standard InChI is InChI=1S/C65H49N/c1-45-30-31-53(44-64(45)65-63-29-16-15-26-50(63)32-33-66-65)51-27-17-28-52(34-51)58-41-61(59-37-54(46-18-7-2-3-8-19-46)35-55(38-59)47-20-9-4-10-21-47)43-62(42-58)60-39-56(48-22-11-5-12-23-48)36-57(40-60)49-24-13-6-14-25-49/h4-7,9-44H,2-3,8H2,1H3. The lowest BCUT2D eigenvalue weighted by Gasteiger charge is -2.17. The molecule has 9 aromatic carbocycles. The quantitative estimate of drug-likeness (QED) is 0.141. The molecular formula is C65H49N. The number of fused-ring (bicyclic) bond motifs is 1. The first-order valence-corrected chi connectivity index (χ1v) is 23.1. The third kappa shape index (κ3) is 8.48. The molecule has 10 aromatic rings. The van der Waals surface area contributed by atoms with E-state index in [4.69, 9.17) is 4.98 Å². The number of aromatic nitrogens is 1. The smallest absolute Gasteiger partial charge is 0.0783 e. The van der Waals surface area contributed by atoms with Gasteiger partial charge in [-0.2, -0.15) is 0 Å². The predicted molar refractivity (Wildman–Crippen MR) is 281 cm³/mol. The second-order valence-electron chi connectivity index (χ2n) is 17.5. The number of aryl methyl sites for hydroxylation is 1. The van der Waals surface area contributed by atoms with Gasteiger partial charge in [-0.15, -0.1) is 0 Å². The highest BCUT2D eigenvalue weighted by Crippen LogP contribution is 2.41. The third-order valence-electron chi connectivity index (χ3n) is 13.1. The van der Waals surface area contributed by atoms with Gasteiger partial charge in [0.1, 0.15) is 0 Å². The van der Waals surface area contributed by atoms with Gasteiger partial charge < -0.3 is 0 Å². The fraction of sp³-hybridized carbons (Fsp3) is 0.0615. The lowest BCUT2D eigenvalue weighted by Crippen LogP contribution is -1.92. The van der Waals surface area contributed by atoms with Crippen LogP contribution in [-0.2, 0) is 0 Å². The van der Waals surface area contributed by atoms with Gasteiger partial charge in [0, 0.05) is 17.1 Å². The first-order chi connectivity index (χ1) is 32.6. The number of nitrogens with zero attached hydrogens (tertiary/aromatic N) is 1. The Morgan fingerprint density at radius 2 is 0.788 bits per heavy atom. The van der Waals surface area contributed by atoms with Gasteiger partial charge in [0.05, 0.1) is 5.69 Å². The second kappa shape index (κ2) is 18.2. The largest absolute Gasteiger partial charge is 0.256 e. The van der Waals surface area contributed by atoms with E-state index in [1.165, 1.54) is 95.3 Å². The van der Waals surface area contributed by atoms with Crippen LogP contribution in [0.3, 0.4) is 0 Å². The Bertz CT molecular complexity index is 3370. The maximum atomic E-state index is 4.92. The lowest BCUT2D eigenvalue weighted by molar-refractivity contribution is 0.876. The minimum Gasteiger partial charge on any atom is -0.256 e. The van der Waals surface area contributed by atoms with Crippen LogP contribution in [0.2, 0.25) is 0 Å². The van der Waals surface area contributed by atoms with Gasteiger partial charge in [-0.25, -0.2) is 0 Å². The fourth-order valence-corrected chi connectivity index (χ4v) is 9.53. The Labute approximate surface area is 388 Å². The SMILES string of the molecule is Cc1ccc(-c2cccc(-c3cc(-c4cc(C5=CCCCC=C5)cc(-c5ccccc5)c4)cc(-c4cc(-c5ccccc5)cc(-c5ccccc5)c4)c3)c2)cc1-c1nccc2ccccc12. The lowest BCUT2D eigenvalue weighted by atomic mass is 9.87. The van der Waals surface area contributed by atoms with E-state index in [9.17, 15) is 0 Å². The molecule has 1 heterocycles. The van der Waals surface area contributed by atoms with Crippen molar-refractivity contribution in [2.45, 2.75) is 26.2 Å². The van der Waals surface area contributed by atoms with Crippen LogP contribution in [0, 0.1) is 6.92 Å². The summed E-state index contributed by atoms with van der Waals surface area (Å²) >= 11 is 0. The highest BCUT2D eigenvalue weighted by Gasteiger charge is 2.16. The summed E-state index contributed by atoms with van der Waals surface area (Å²) in [7, 11) is 0. The number of rotatable bonds is 9. The molecule has 1 aromatic heterocycles. The topological polar surface area (TPSA) is 12.9 Å². The monoisotopic (exact) mass is 843 g/mol. The summed E-state index contributed by atoms with van der Waals surface area (Å²) in [4.78, 5) is 4.92. The Balaban J connectivity index is 1.11. The average Bonchev–Trinajstić information content (AvgIpc) is 3.69. The Morgan fingerprint density at radius 1 is 0.348 bits per heavy atom. The molecule has 0 saturated carbocycles. The third-order valence-corrected chi connectivity index (χ3v) is 13.1. The summed E-state index contributed by atoms with van der Waals surface area (Å²) in [6.45, 7) is 2.18. The molecule has 0 spiro atoms. The normalized spacial score (nSPS) is 12.5. The molecular weight excluding hydrogens is 795 g/mol. The number of benzene rings is 9. The fourth-order valence-electron chi connectivity index (χ4n) is 9.53. The molecule has 1 heteroatoms. The van der Waals surface area contributed by atoms with Crippen molar-refractivity contribution in [3.63, 3.8) is 0 Å². The molecule has 1 aliphatic rings. The van der Waals surface area contributed by atoms with Gasteiger partial charge >= 0.3 is 0 Å². The van der Waals surface area contributed by atoms with Crippen LogP contribution in [0.1, 0.15) is 30.4 Å². The van der Waals surface area contributed by atoms with Gasteiger partial charge in [-0.1, -0.05) is 164 Å². The van der Waals surface area contributed by atoms with Crippen molar-refractivity contribution >= 4 is 16.3 Å². The van der Waals surface area contributed by atoms with Crippen LogP contribution in [0.25, 0.3) is 105 Å². The van der Waals surface area contributed by atoms with Crippen LogP contribution in [0.4, 0.5) is 0 Å². The molecule has 0 fully saturated rings. The maximum Gasteiger partial charge on any atom is 0.0783 e. The van der Waals surface area contributed by atoms with E-state index in [0.29, 0.717) is 0 Å². The number of hydrogen-bond acceptors (Lipinski definition) is 1. The molecule has 0 amide bonds. The van der Waals surface area contributed by atoms with E-state index in [1.54, 1.807) is 0 Å². The van der Waals surface area contributed by atoms with Crippen molar-refractivity contribution < 1.29 is 0 Å². The average molecular weight is 844 g/mol. The van der Waals surface area contributed by atoms with Gasteiger partial charge in [-0.05, 0) is 199 Å². The van der Waals surface area contributed by atoms with Crippen LogP contribution in [0.5, 0.6) is 0 Å². The van der Waals surface area contributed by atoms with Crippen LogP contribution < -0.4 is 0 Å². The van der Waals surface area contributed by atoms with Crippen molar-refractivity contribution in [3.05, 3.63) is 254 Å². The van der Waals surface area contributed by atoms with E-state index in [1.807, 2.05) is 6.20 Å². The van der Waals surface area contributed by atoms with Crippen molar-refractivity contribution in [2.24, 2.45) is 0 Å².